The van der Waals surface area contributed by atoms with Gasteiger partial charge in [0, 0.05) is 12.7 Å². The van der Waals surface area contributed by atoms with E-state index < -0.39 is 5.97 Å². The molecule has 0 aliphatic heterocycles. The fraction of sp³-hybridized carbons (Fsp3) is 0.278. The third kappa shape index (κ3) is 3.07. The highest BCUT2D eigenvalue weighted by atomic mass is 32.2. The van der Waals surface area contributed by atoms with Gasteiger partial charge in [-0.2, -0.15) is 0 Å². The molecule has 25 heavy (non-hydrogen) atoms. The van der Waals surface area contributed by atoms with Crippen molar-refractivity contribution in [2.75, 3.05) is 12.9 Å². The third-order valence-electron chi connectivity index (χ3n) is 4.18. The Labute approximate surface area is 149 Å². The summed E-state index contributed by atoms with van der Waals surface area (Å²) in [5, 5.41) is 0.781. The number of aromatic amines is 1. The highest BCUT2D eigenvalue weighted by Crippen LogP contribution is 2.25. The van der Waals surface area contributed by atoms with Crippen molar-refractivity contribution in [3.05, 3.63) is 46.8 Å². The maximum Gasteiger partial charge on any atom is 0.339 e. The van der Waals surface area contributed by atoms with Crippen LogP contribution in [0.5, 0.6) is 0 Å². The Morgan fingerprint density at radius 1 is 1.28 bits per heavy atom. The highest BCUT2D eigenvalue weighted by molar-refractivity contribution is 7.99. The number of thioether (sulfide) groups is 1. The lowest BCUT2D eigenvalue weighted by molar-refractivity contribution is 0.0599. The summed E-state index contributed by atoms with van der Waals surface area (Å²) in [7, 11) is 3.26. The van der Waals surface area contributed by atoms with E-state index in [4.69, 9.17) is 4.74 Å². The minimum absolute atomic E-state index is 0.0761. The normalized spacial score (nSPS) is 11.0. The number of hydrogen-bond donors (Lipinski definition) is 1. The van der Waals surface area contributed by atoms with Crippen molar-refractivity contribution in [1.29, 1.82) is 0 Å². The first-order valence-corrected chi connectivity index (χ1v) is 8.77. The molecule has 0 saturated heterocycles. The molecule has 0 amide bonds. The summed E-state index contributed by atoms with van der Waals surface area (Å²) in [6.07, 6.45) is 0. The van der Waals surface area contributed by atoms with Crippen LogP contribution in [-0.2, 0) is 11.8 Å². The van der Waals surface area contributed by atoms with E-state index in [2.05, 4.69) is 9.97 Å². The molecule has 0 aliphatic carbocycles. The number of carbonyl (C=O) groups is 2. The van der Waals surface area contributed by atoms with Crippen molar-refractivity contribution >= 4 is 34.5 Å². The number of ketones is 1. The molecule has 0 spiro atoms. The molecule has 7 heteroatoms. The highest BCUT2D eigenvalue weighted by Gasteiger charge is 2.22. The molecular formula is C18H19N3O3S. The molecule has 130 valence electrons. The van der Waals surface area contributed by atoms with Crippen LogP contribution >= 0.6 is 11.8 Å². The van der Waals surface area contributed by atoms with Gasteiger partial charge in [0.05, 0.1) is 35.2 Å². The zero-order valence-electron chi connectivity index (χ0n) is 14.5. The fourth-order valence-electron chi connectivity index (χ4n) is 2.89. The van der Waals surface area contributed by atoms with Crippen LogP contribution in [0.15, 0.2) is 29.4 Å². The maximum atomic E-state index is 12.6. The number of nitrogens with zero attached hydrogens (tertiary/aromatic N) is 2. The Bertz CT molecular complexity index is 972. The van der Waals surface area contributed by atoms with Crippen LogP contribution in [0.2, 0.25) is 0 Å². The fourth-order valence-corrected chi connectivity index (χ4v) is 3.75. The summed E-state index contributed by atoms with van der Waals surface area (Å²) in [5.41, 5.74) is 4.07. The van der Waals surface area contributed by atoms with Crippen molar-refractivity contribution in [3.63, 3.8) is 0 Å². The molecule has 0 saturated carbocycles. The van der Waals surface area contributed by atoms with E-state index in [-0.39, 0.29) is 11.5 Å². The number of nitrogens with one attached hydrogen (secondary N) is 1. The van der Waals surface area contributed by atoms with Crippen LogP contribution < -0.4 is 0 Å². The number of carbonyl (C=O) groups excluding carboxylic acids is 2. The second-order valence-electron chi connectivity index (χ2n) is 5.77. The van der Waals surface area contributed by atoms with Gasteiger partial charge in [-0.3, -0.25) is 4.79 Å². The zero-order chi connectivity index (χ0) is 18.1. The number of fused-ring (bicyclic) bond motifs is 1. The summed E-state index contributed by atoms with van der Waals surface area (Å²) in [4.78, 5) is 32.0. The van der Waals surface area contributed by atoms with Gasteiger partial charge in [-0.15, -0.1) is 0 Å². The lowest BCUT2D eigenvalue weighted by atomic mass is 10.1. The average Bonchev–Trinajstić information content (AvgIpc) is 3.09. The molecular weight excluding hydrogens is 338 g/mol. The van der Waals surface area contributed by atoms with Gasteiger partial charge in [-0.25, -0.2) is 9.78 Å². The predicted octanol–water partition coefficient (Wildman–Crippen LogP) is 3.28. The predicted molar refractivity (Wildman–Crippen MR) is 97.4 cm³/mol. The summed E-state index contributed by atoms with van der Waals surface area (Å²) in [6.45, 7) is 3.51. The van der Waals surface area contributed by atoms with Crippen LogP contribution in [0.25, 0.3) is 11.0 Å². The first kappa shape index (κ1) is 17.3. The van der Waals surface area contributed by atoms with Crippen molar-refractivity contribution in [2.24, 2.45) is 7.05 Å². The van der Waals surface area contributed by atoms with Crippen LogP contribution in [0.1, 0.15) is 32.1 Å². The Morgan fingerprint density at radius 2 is 2.00 bits per heavy atom. The van der Waals surface area contributed by atoms with E-state index in [0.29, 0.717) is 22.5 Å². The molecule has 0 fully saturated rings. The zero-order valence-corrected chi connectivity index (χ0v) is 15.4. The van der Waals surface area contributed by atoms with Gasteiger partial charge in [0.15, 0.2) is 10.9 Å². The molecule has 0 radical (unpaired) electrons. The van der Waals surface area contributed by atoms with Gasteiger partial charge in [-0.05, 0) is 31.5 Å². The summed E-state index contributed by atoms with van der Waals surface area (Å²) < 4.78 is 6.75. The van der Waals surface area contributed by atoms with Crippen LogP contribution in [0, 0.1) is 13.8 Å². The van der Waals surface area contributed by atoms with E-state index >= 15 is 0 Å². The molecule has 1 N–H and O–H groups in total. The third-order valence-corrected chi connectivity index (χ3v) is 5.21. The molecule has 2 aromatic heterocycles. The monoisotopic (exact) mass is 357 g/mol. The quantitative estimate of drug-likeness (QED) is 0.431. The Hall–Kier alpha value is -2.54. The average molecular weight is 357 g/mol. The summed E-state index contributed by atoms with van der Waals surface area (Å²) in [6, 6.07) is 7.84. The lowest BCUT2D eigenvalue weighted by Crippen LogP contribution is -2.07. The molecule has 0 unspecified atom stereocenters. The number of methoxy groups -OCH3 is 1. The van der Waals surface area contributed by atoms with Crippen LogP contribution in [-0.4, -0.2) is 39.2 Å². The van der Waals surface area contributed by atoms with Crippen LogP contribution in [0.3, 0.4) is 0 Å². The Kier molecular flexibility index (Phi) is 4.67. The number of Topliss-reactive ketones (excluding diaryl/α,β-unsaturated/α-hetero) is 1. The van der Waals surface area contributed by atoms with E-state index in [0.717, 1.165) is 16.2 Å². The van der Waals surface area contributed by atoms with Crippen molar-refractivity contribution in [3.8, 4) is 0 Å². The lowest BCUT2D eigenvalue weighted by Gasteiger charge is -2.03. The number of benzene rings is 1. The van der Waals surface area contributed by atoms with Crippen molar-refractivity contribution in [1.82, 2.24) is 14.5 Å². The standard InChI is InChI=1S/C18H19N3O3S/c1-10-15(17(23)24-4)11(2)19-16(10)14(22)9-25-18-20-12-7-5-6-8-13(12)21(18)3/h5-8,19H,9H2,1-4H3. The van der Waals surface area contributed by atoms with Gasteiger partial charge in [0.1, 0.15) is 0 Å². The smallest absolute Gasteiger partial charge is 0.339 e. The number of H-pyrrole nitrogens is 1. The first-order valence-electron chi connectivity index (χ1n) is 7.79. The minimum Gasteiger partial charge on any atom is -0.465 e. The molecule has 6 nitrogen and oxygen atoms in total. The molecule has 0 bridgehead atoms. The number of aryl methyl sites for hydroxylation is 2. The number of hydrogen-bond acceptors (Lipinski definition) is 5. The van der Waals surface area contributed by atoms with Gasteiger partial charge >= 0.3 is 5.97 Å². The maximum absolute atomic E-state index is 12.6. The second-order valence-corrected chi connectivity index (χ2v) is 6.71. The second kappa shape index (κ2) is 6.76. The first-order chi connectivity index (χ1) is 11.9. The molecule has 3 aromatic rings. The topological polar surface area (TPSA) is 77.0 Å². The summed E-state index contributed by atoms with van der Waals surface area (Å²) in [5.74, 6) is -0.278. The molecule has 0 aliphatic rings. The number of aromatic nitrogens is 3. The van der Waals surface area contributed by atoms with E-state index in [9.17, 15) is 9.59 Å². The molecule has 3 rings (SSSR count). The number of ether oxygens (including phenoxy) is 1. The molecule has 0 atom stereocenters. The van der Waals surface area contributed by atoms with E-state index in [1.807, 2.05) is 35.9 Å². The largest absolute Gasteiger partial charge is 0.465 e. The number of imidazole rings is 1. The van der Waals surface area contributed by atoms with Crippen molar-refractivity contribution < 1.29 is 14.3 Å². The van der Waals surface area contributed by atoms with E-state index in [1.165, 1.54) is 18.9 Å². The number of rotatable bonds is 5. The van der Waals surface area contributed by atoms with Gasteiger partial charge in [0.2, 0.25) is 0 Å². The SMILES string of the molecule is COC(=O)c1c(C)[nH]c(C(=O)CSc2nc3ccccc3n2C)c1C. The Morgan fingerprint density at radius 3 is 2.68 bits per heavy atom. The number of para-hydroxylation sites is 2. The van der Waals surface area contributed by atoms with Crippen LogP contribution in [0.4, 0.5) is 0 Å². The van der Waals surface area contributed by atoms with E-state index in [1.54, 1.807) is 13.8 Å². The van der Waals surface area contributed by atoms with Gasteiger partial charge in [-0.1, -0.05) is 23.9 Å². The number of esters is 1. The molecule has 2 heterocycles. The van der Waals surface area contributed by atoms with Crippen molar-refractivity contribution in [2.45, 2.75) is 19.0 Å². The minimum atomic E-state index is -0.437. The van der Waals surface area contributed by atoms with Gasteiger partial charge < -0.3 is 14.3 Å². The van der Waals surface area contributed by atoms with Gasteiger partial charge in [0.25, 0.3) is 0 Å². The Balaban J connectivity index is 1.81. The molecule has 1 aromatic carbocycles. The summed E-state index contributed by atoms with van der Waals surface area (Å²) >= 11 is 1.38.